The average Bonchev–Trinajstić information content (AvgIpc) is 3.51. The Morgan fingerprint density at radius 3 is 3.00 bits per heavy atom. The number of rotatable bonds is 10. The number of aromatic nitrogens is 1. The normalized spacial score (nSPS) is 17.3. The van der Waals surface area contributed by atoms with E-state index in [1.165, 1.54) is 6.07 Å². The largest absolute Gasteiger partial charge is 0.493 e. The van der Waals surface area contributed by atoms with E-state index in [4.69, 9.17) is 15.2 Å². The van der Waals surface area contributed by atoms with Crippen LogP contribution >= 0.6 is 11.5 Å². The van der Waals surface area contributed by atoms with Gasteiger partial charge in [0.05, 0.1) is 12.7 Å². The summed E-state index contributed by atoms with van der Waals surface area (Å²) in [6, 6.07) is 2.51. The van der Waals surface area contributed by atoms with Crippen molar-refractivity contribution in [2.24, 2.45) is 5.73 Å². The van der Waals surface area contributed by atoms with E-state index in [9.17, 15) is 19.1 Å². The van der Waals surface area contributed by atoms with Gasteiger partial charge in [-0.1, -0.05) is 0 Å². The molecule has 2 aromatic rings. The number of primary amides is 1. The van der Waals surface area contributed by atoms with Gasteiger partial charge in [-0.05, 0) is 49.5 Å². The van der Waals surface area contributed by atoms with Gasteiger partial charge < -0.3 is 30.5 Å². The van der Waals surface area contributed by atoms with Gasteiger partial charge in [-0.3, -0.25) is 10.1 Å². The summed E-state index contributed by atoms with van der Waals surface area (Å²) in [5.41, 5.74) is 6.48. The average molecular weight is 494 g/mol. The Labute approximate surface area is 200 Å². The van der Waals surface area contributed by atoms with E-state index < -0.39 is 17.8 Å². The molecule has 3 heterocycles. The monoisotopic (exact) mass is 493 g/mol. The van der Waals surface area contributed by atoms with Gasteiger partial charge in [0.15, 0.2) is 0 Å². The van der Waals surface area contributed by atoms with Crippen molar-refractivity contribution in [3.05, 3.63) is 34.6 Å². The number of aliphatic hydroxyl groups excluding tert-OH is 1. The fourth-order valence-electron chi connectivity index (χ4n) is 4.00. The number of urea groups is 1. The summed E-state index contributed by atoms with van der Waals surface area (Å²) in [6.45, 7) is 3.26. The van der Waals surface area contributed by atoms with Crippen molar-refractivity contribution in [1.29, 1.82) is 0 Å². The van der Waals surface area contributed by atoms with Gasteiger partial charge in [-0.2, -0.15) is 4.37 Å². The lowest BCUT2D eigenvalue weighted by Crippen LogP contribution is -2.31. The highest BCUT2D eigenvalue weighted by molar-refractivity contribution is 7.11. The van der Waals surface area contributed by atoms with Crippen LogP contribution in [0.1, 0.15) is 40.7 Å². The van der Waals surface area contributed by atoms with Crippen LogP contribution in [0.3, 0.4) is 0 Å². The number of β-amino-alcohol motifs (C(OH)–C–C–N with tert-alkyl or cyclic N) is 1. The molecular formula is C22H28FN5O5S. The molecule has 0 spiro atoms. The second-order valence-corrected chi connectivity index (χ2v) is 9.10. The number of likely N-dealkylation sites (tertiary alicyclic amines) is 1. The predicted molar refractivity (Wildman–Crippen MR) is 124 cm³/mol. The van der Waals surface area contributed by atoms with Crippen LogP contribution in [0.15, 0.2) is 12.1 Å². The zero-order chi connectivity index (χ0) is 24.1. The summed E-state index contributed by atoms with van der Waals surface area (Å²) >= 11 is 0.856. The number of aliphatic hydroxyl groups is 1. The Morgan fingerprint density at radius 1 is 1.38 bits per heavy atom. The van der Waals surface area contributed by atoms with E-state index in [2.05, 4.69) is 19.9 Å². The van der Waals surface area contributed by atoms with Gasteiger partial charge in [0.2, 0.25) is 5.88 Å². The lowest BCUT2D eigenvalue weighted by atomic mass is 10.1. The first-order valence-electron chi connectivity index (χ1n) is 11.2. The number of anilines is 1. The fraction of sp³-hybridized carbons (Fsp3) is 0.500. The molecule has 34 heavy (non-hydrogen) atoms. The maximum absolute atomic E-state index is 14.3. The molecule has 12 heteroatoms. The number of nitrogens with two attached hydrogens (primary N) is 1. The van der Waals surface area contributed by atoms with Crippen molar-refractivity contribution >= 4 is 28.5 Å². The SMILES string of the molecule is NC(=O)c1c(OCc2cc3c(cc2F)CCO3)nsc1NC(=O)NCCCCN1CC[C@H](O)C1. The molecule has 0 bridgehead atoms. The molecule has 2 aliphatic heterocycles. The summed E-state index contributed by atoms with van der Waals surface area (Å²) in [4.78, 5) is 26.4. The molecule has 0 radical (unpaired) electrons. The number of ether oxygens (including phenoxy) is 2. The molecule has 1 fully saturated rings. The Bertz CT molecular complexity index is 1050. The number of fused-ring (bicyclic) bond motifs is 1. The van der Waals surface area contributed by atoms with E-state index in [1.807, 2.05) is 0 Å². The number of halogens is 1. The number of hydrogen-bond acceptors (Lipinski definition) is 8. The number of amides is 3. The van der Waals surface area contributed by atoms with E-state index in [0.717, 1.165) is 49.4 Å². The maximum atomic E-state index is 14.3. The smallest absolute Gasteiger partial charge is 0.319 e. The first-order chi connectivity index (χ1) is 16.4. The second kappa shape index (κ2) is 11.0. The van der Waals surface area contributed by atoms with Crippen LogP contribution in [-0.2, 0) is 13.0 Å². The van der Waals surface area contributed by atoms with Crippen LogP contribution in [-0.4, -0.2) is 65.2 Å². The first-order valence-corrected chi connectivity index (χ1v) is 12.0. The molecule has 1 saturated heterocycles. The Morgan fingerprint density at radius 2 is 2.24 bits per heavy atom. The molecule has 1 aromatic carbocycles. The number of carbonyl (C=O) groups excluding carboxylic acids is 2. The van der Waals surface area contributed by atoms with Crippen LogP contribution in [0.25, 0.3) is 0 Å². The highest BCUT2D eigenvalue weighted by Gasteiger charge is 2.23. The quantitative estimate of drug-likeness (QED) is 0.371. The number of nitrogens with zero attached hydrogens (tertiary/aromatic N) is 2. The third kappa shape index (κ3) is 5.93. The molecule has 1 aromatic heterocycles. The van der Waals surface area contributed by atoms with Crippen molar-refractivity contribution in [3.8, 4) is 11.6 Å². The van der Waals surface area contributed by atoms with E-state index >= 15 is 0 Å². The van der Waals surface area contributed by atoms with Gasteiger partial charge in [-0.15, -0.1) is 0 Å². The van der Waals surface area contributed by atoms with Crippen molar-refractivity contribution in [3.63, 3.8) is 0 Å². The maximum Gasteiger partial charge on any atom is 0.319 e. The van der Waals surface area contributed by atoms with E-state index in [0.29, 0.717) is 31.9 Å². The van der Waals surface area contributed by atoms with Crippen molar-refractivity contribution in [1.82, 2.24) is 14.6 Å². The molecular weight excluding hydrogens is 465 g/mol. The number of unbranched alkanes of at least 4 members (excludes halogenated alkanes) is 1. The topological polar surface area (TPSA) is 139 Å². The number of benzene rings is 1. The molecule has 1 atom stereocenters. The van der Waals surface area contributed by atoms with Gasteiger partial charge in [-0.25, -0.2) is 9.18 Å². The Hall–Kier alpha value is -2.96. The molecule has 0 aliphatic carbocycles. The predicted octanol–water partition coefficient (Wildman–Crippen LogP) is 1.86. The number of hydrogen-bond donors (Lipinski definition) is 4. The molecule has 184 valence electrons. The minimum atomic E-state index is -0.815. The molecule has 10 nitrogen and oxygen atoms in total. The third-order valence-corrected chi connectivity index (χ3v) is 6.54. The Balaban J connectivity index is 1.27. The van der Waals surface area contributed by atoms with Crippen LogP contribution in [0, 0.1) is 5.82 Å². The molecule has 0 unspecified atom stereocenters. The van der Waals surface area contributed by atoms with E-state index in [1.54, 1.807) is 6.07 Å². The zero-order valence-electron chi connectivity index (χ0n) is 18.6. The van der Waals surface area contributed by atoms with Gasteiger partial charge >= 0.3 is 6.03 Å². The lowest BCUT2D eigenvalue weighted by Gasteiger charge is -2.14. The second-order valence-electron chi connectivity index (χ2n) is 8.33. The van der Waals surface area contributed by atoms with Gasteiger partial charge in [0, 0.05) is 37.2 Å². The van der Waals surface area contributed by atoms with E-state index in [-0.39, 0.29) is 34.7 Å². The highest BCUT2D eigenvalue weighted by Crippen LogP contribution is 2.32. The van der Waals surface area contributed by atoms with Crippen LogP contribution in [0.2, 0.25) is 0 Å². The summed E-state index contributed by atoms with van der Waals surface area (Å²) < 4.78 is 29.4. The summed E-state index contributed by atoms with van der Waals surface area (Å²) in [7, 11) is 0. The lowest BCUT2D eigenvalue weighted by molar-refractivity contribution is 0.0996. The van der Waals surface area contributed by atoms with Crippen LogP contribution in [0.5, 0.6) is 11.6 Å². The fourth-order valence-corrected chi connectivity index (χ4v) is 4.73. The Kier molecular flexibility index (Phi) is 7.80. The van der Waals surface area contributed by atoms with Crippen molar-refractivity contribution in [2.45, 2.75) is 38.4 Å². The highest BCUT2D eigenvalue weighted by atomic mass is 32.1. The molecule has 2 aliphatic rings. The first kappa shape index (κ1) is 24.2. The van der Waals surface area contributed by atoms with Crippen molar-refractivity contribution < 1.29 is 28.6 Å². The minimum absolute atomic E-state index is 0.0643. The summed E-state index contributed by atoms with van der Waals surface area (Å²) in [5, 5.41) is 15.0. The molecule has 0 saturated carbocycles. The minimum Gasteiger partial charge on any atom is -0.493 e. The van der Waals surface area contributed by atoms with Gasteiger partial charge in [0.25, 0.3) is 5.91 Å². The summed E-state index contributed by atoms with van der Waals surface area (Å²) in [5.74, 6) is -0.699. The van der Waals surface area contributed by atoms with Crippen LogP contribution < -0.4 is 25.8 Å². The zero-order valence-corrected chi connectivity index (χ0v) is 19.5. The molecule has 5 N–H and O–H groups in total. The van der Waals surface area contributed by atoms with Gasteiger partial charge in [0.1, 0.15) is 28.7 Å². The third-order valence-electron chi connectivity index (χ3n) is 5.79. The number of nitrogens with one attached hydrogen (secondary N) is 2. The molecule has 4 rings (SSSR count). The standard InChI is InChI=1S/C22H28FN5O5S/c23-16-9-13-4-8-32-17(13)10-14(16)12-33-20-18(19(24)30)21(34-27-20)26-22(31)25-5-1-2-6-28-7-3-15(29)11-28/h9-10,15,29H,1-8,11-12H2,(H2,24,30)(H2,25,26,31)/t15-/m0/s1. The molecule has 3 amide bonds. The van der Waals surface area contributed by atoms with Crippen LogP contribution in [0.4, 0.5) is 14.2 Å². The summed E-state index contributed by atoms with van der Waals surface area (Å²) in [6.07, 6.45) is 2.89. The van der Waals surface area contributed by atoms with Crippen molar-refractivity contribution in [2.75, 3.05) is 38.1 Å². The number of carbonyl (C=O) groups is 2.